The highest BCUT2D eigenvalue weighted by atomic mass is 35.5. The van der Waals surface area contributed by atoms with Gasteiger partial charge in [-0.2, -0.15) is 0 Å². The van der Waals surface area contributed by atoms with E-state index in [1.54, 1.807) is 12.1 Å². The van der Waals surface area contributed by atoms with Gasteiger partial charge in [0.15, 0.2) is 0 Å². The lowest BCUT2D eigenvalue weighted by molar-refractivity contribution is -0.384. The van der Waals surface area contributed by atoms with Crippen LogP contribution in [0.5, 0.6) is 0 Å². The van der Waals surface area contributed by atoms with Gasteiger partial charge in [0.05, 0.1) is 4.92 Å². The highest BCUT2D eigenvalue weighted by molar-refractivity contribution is 6.30. The normalized spacial score (nSPS) is 15.5. The molecule has 2 aromatic rings. The number of piperazine rings is 1. The van der Waals surface area contributed by atoms with Gasteiger partial charge < -0.3 is 4.90 Å². The third-order valence-corrected chi connectivity index (χ3v) is 4.57. The first kappa shape index (κ1) is 16.7. The Kier molecular flexibility index (Phi) is 5.02. The van der Waals surface area contributed by atoms with Crippen LogP contribution in [0, 0.1) is 17.0 Å². The molecule has 0 amide bonds. The zero-order valence-electron chi connectivity index (χ0n) is 13.6. The Morgan fingerprint density at radius 1 is 1.12 bits per heavy atom. The molecule has 1 aliphatic heterocycles. The Balaban J connectivity index is 1.66. The summed E-state index contributed by atoms with van der Waals surface area (Å²) in [4.78, 5) is 15.4. The topological polar surface area (TPSA) is 49.6 Å². The molecule has 0 bridgehead atoms. The third kappa shape index (κ3) is 3.86. The number of nitrogens with zero attached hydrogens (tertiary/aromatic N) is 3. The lowest BCUT2D eigenvalue weighted by atomic mass is 10.1. The van der Waals surface area contributed by atoms with Crippen molar-refractivity contribution in [3.8, 4) is 0 Å². The Labute approximate surface area is 146 Å². The molecule has 0 unspecified atom stereocenters. The maximum absolute atomic E-state index is 11.3. The number of nitro benzene ring substituents is 1. The van der Waals surface area contributed by atoms with Gasteiger partial charge in [-0.05, 0) is 24.6 Å². The zero-order valence-corrected chi connectivity index (χ0v) is 14.4. The highest BCUT2D eigenvalue weighted by Gasteiger charge is 2.24. The van der Waals surface area contributed by atoms with Crippen LogP contribution in [0.4, 0.5) is 11.4 Å². The summed E-state index contributed by atoms with van der Waals surface area (Å²) >= 11 is 5.89. The number of rotatable bonds is 4. The number of nitro groups is 1. The Bertz CT molecular complexity index is 743. The monoisotopic (exact) mass is 345 g/mol. The average molecular weight is 346 g/mol. The van der Waals surface area contributed by atoms with Gasteiger partial charge in [0.1, 0.15) is 5.69 Å². The van der Waals surface area contributed by atoms with Crippen molar-refractivity contribution in [2.24, 2.45) is 0 Å². The summed E-state index contributed by atoms with van der Waals surface area (Å²) in [5.41, 5.74) is 3.30. The largest absolute Gasteiger partial charge is 0.363 e. The predicted octanol–water partition coefficient (Wildman–Crippen LogP) is 3.88. The van der Waals surface area contributed by atoms with Crippen LogP contribution in [-0.2, 0) is 6.54 Å². The molecule has 1 saturated heterocycles. The van der Waals surface area contributed by atoms with E-state index in [1.165, 1.54) is 17.2 Å². The first-order chi connectivity index (χ1) is 11.5. The average Bonchev–Trinajstić information content (AvgIpc) is 2.56. The second-order valence-corrected chi connectivity index (χ2v) is 6.58. The van der Waals surface area contributed by atoms with E-state index in [0.29, 0.717) is 10.7 Å². The Morgan fingerprint density at radius 3 is 2.54 bits per heavy atom. The fourth-order valence-corrected chi connectivity index (χ4v) is 3.29. The van der Waals surface area contributed by atoms with Crippen molar-refractivity contribution in [3.63, 3.8) is 0 Å². The van der Waals surface area contributed by atoms with Crippen LogP contribution in [0.1, 0.15) is 11.1 Å². The molecule has 126 valence electrons. The smallest absolute Gasteiger partial charge is 0.294 e. The maximum Gasteiger partial charge on any atom is 0.294 e. The van der Waals surface area contributed by atoms with E-state index < -0.39 is 0 Å². The minimum absolute atomic E-state index is 0.0784. The van der Waals surface area contributed by atoms with Crippen LogP contribution in [0.25, 0.3) is 0 Å². The molecule has 0 aromatic heterocycles. The van der Waals surface area contributed by atoms with Crippen LogP contribution in [0.15, 0.2) is 42.5 Å². The van der Waals surface area contributed by atoms with Crippen LogP contribution in [0.2, 0.25) is 5.02 Å². The van der Waals surface area contributed by atoms with Crippen molar-refractivity contribution in [1.82, 2.24) is 4.90 Å². The molecule has 0 spiro atoms. The number of benzene rings is 2. The Morgan fingerprint density at radius 2 is 1.88 bits per heavy atom. The van der Waals surface area contributed by atoms with E-state index in [9.17, 15) is 10.1 Å². The number of hydrogen-bond acceptors (Lipinski definition) is 4. The lowest BCUT2D eigenvalue weighted by Crippen LogP contribution is -2.46. The summed E-state index contributed by atoms with van der Waals surface area (Å²) in [5, 5.41) is 11.7. The second-order valence-electron chi connectivity index (χ2n) is 6.14. The van der Waals surface area contributed by atoms with Crippen molar-refractivity contribution in [2.45, 2.75) is 13.5 Å². The SMILES string of the molecule is Cc1cccc(CN2CCN(c3ccc(Cl)cc3[N+](=O)[O-])CC2)c1. The van der Waals surface area contributed by atoms with Crippen molar-refractivity contribution in [2.75, 3.05) is 31.1 Å². The van der Waals surface area contributed by atoms with Crippen LogP contribution >= 0.6 is 11.6 Å². The third-order valence-electron chi connectivity index (χ3n) is 4.34. The first-order valence-corrected chi connectivity index (χ1v) is 8.37. The van der Waals surface area contributed by atoms with Gasteiger partial charge in [0, 0.05) is 43.8 Å². The molecule has 0 N–H and O–H groups in total. The lowest BCUT2D eigenvalue weighted by Gasteiger charge is -2.35. The molecule has 1 fully saturated rings. The maximum atomic E-state index is 11.3. The van der Waals surface area contributed by atoms with E-state index in [2.05, 4.69) is 41.0 Å². The summed E-state index contributed by atoms with van der Waals surface area (Å²) < 4.78 is 0. The number of anilines is 1. The molecule has 0 atom stereocenters. The van der Waals surface area contributed by atoms with E-state index in [-0.39, 0.29) is 10.6 Å². The summed E-state index contributed by atoms with van der Waals surface area (Å²) in [6, 6.07) is 13.4. The summed E-state index contributed by atoms with van der Waals surface area (Å²) in [5.74, 6) is 0. The van der Waals surface area contributed by atoms with Crippen molar-refractivity contribution >= 4 is 23.0 Å². The summed E-state index contributed by atoms with van der Waals surface area (Å²) in [6.45, 7) is 6.32. The summed E-state index contributed by atoms with van der Waals surface area (Å²) in [7, 11) is 0. The summed E-state index contributed by atoms with van der Waals surface area (Å²) in [6.07, 6.45) is 0. The molecule has 6 heteroatoms. The van der Waals surface area contributed by atoms with Gasteiger partial charge in [-0.3, -0.25) is 15.0 Å². The molecule has 0 radical (unpaired) electrons. The van der Waals surface area contributed by atoms with Gasteiger partial charge in [0.2, 0.25) is 0 Å². The first-order valence-electron chi connectivity index (χ1n) is 8.00. The fraction of sp³-hybridized carbons (Fsp3) is 0.333. The van der Waals surface area contributed by atoms with Gasteiger partial charge in [-0.15, -0.1) is 0 Å². The standard InChI is InChI=1S/C18H20ClN3O2/c1-14-3-2-4-15(11-14)13-20-7-9-21(10-8-20)17-6-5-16(19)12-18(17)22(23)24/h2-6,11-12H,7-10,13H2,1H3. The number of hydrogen-bond donors (Lipinski definition) is 0. The van der Waals surface area contributed by atoms with Gasteiger partial charge >= 0.3 is 0 Å². The predicted molar refractivity (Wildman–Crippen MR) is 96.8 cm³/mol. The number of aryl methyl sites for hydroxylation is 1. The molecule has 1 aliphatic rings. The Hall–Kier alpha value is -2.11. The minimum atomic E-state index is -0.361. The quantitative estimate of drug-likeness (QED) is 0.623. The fourth-order valence-electron chi connectivity index (χ4n) is 3.13. The van der Waals surface area contributed by atoms with Crippen LogP contribution in [-0.4, -0.2) is 36.0 Å². The molecule has 0 saturated carbocycles. The molecule has 0 aliphatic carbocycles. The highest BCUT2D eigenvalue weighted by Crippen LogP contribution is 2.31. The zero-order chi connectivity index (χ0) is 17.1. The molecule has 24 heavy (non-hydrogen) atoms. The minimum Gasteiger partial charge on any atom is -0.363 e. The van der Waals surface area contributed by atoms with Crippen molar-refractivity contribution in [3.05, 3.63) is 68.7 Å². The number of halogens is 1. The molecular weight excluding hydrogens is 326 g/mol. The van der Waals surface area contributed by atoms with E-state index >= 15 is 0 Å². The van der Waals surface area contributed by atoms with E-state index in [4.69, 9.17) is 11.6 Å². The molecule has 3 rings (SSSR count). The van der Waals surface area contributed by atoms with Crippen molar-refractivity contribution in [1.29, 1.82) is 0 Å². The van der Waals surface area contributed by atoms with Crippen molar-refractivity contribution < 1.29 is 4.92 Å². The van der Waals surface area contributed by atoms with Crippen LogP contribution < -0.4 is 4.90 Å². The van der Waals surface area contributed by atoms with Crippen LogP contribution in [0.3, 0.4) is 0 Å². The van der Waals surface area contributed by atoms with Gasteiger partial charge in [0.25, 0.3) is 5.69 Å². The molecule has 5 nitrogen and oxygen atoms in total. The van der Waals surface area contributed by atoms with E-state index in [1.807, 2.05) is 0 Å². The molecule has 2 aromatic carbocycles. The molecule has 1 heterocycles. The van der Waals surface area contributed by atoms with Gasteiger partial charge in [-0.25, -0.2) is 0 Å². The second kappa shape index (κ2) is 7.20. The van der Waals surface area contributed by atoms with E-state index in [0.717, 1.165) is 32.7 Å². The molecular formula is C18H20ClN3O2. The van der Waals surface area contributed by atoms with Gasteiger partial charge in [-0.1, -0.05) is 41.4 Å².